The van der Waals surface area contributed by atoms with Crippen LogP contribution in [0.2, 0.25) is 0 Å². The van der Waals surface area contributed by atoms with Gasteiger partial charge in [-0.1, -0.05) is 24.3 Å². The fourth-order valence-electron chi connectivity index (χ4n) is 5.64. The van der Waals surface area contributed by atoms with Gasteiger partial charge >= 0.3 is 0 Å². The van der Waals surface area contributed by atoms with Gasteiger partial charge in [-0.15, -0.1) is 24.0 Å². The van der Waals surface area contributed by atoms with E-state index in [2.05, 4.69) is 27.8 Å². The van der Waals surface area contributed by atoms with E-state index in [1.807, 2.05) is 6.07 Å². The number of likely N-dealkylation sites (tertiary alicyclic amines) is 1. The molecule has 1 aromatic carbocycles. The van der Waals surface area contributed by atoms with Gasteiger partial charge in [-0.2, -0.15) is 0 Å². The van der Waals surface area contributed by atoms with Crippen molar-refractivity contribution in [3.05, 3.63) is 47.8 Å². The molecule has 1 aromatic rings. The lowest BCUT2D eigenvalue weighted by Crippen LogP contribution is -2.42. The maximum Gasteiger partial charge on any atom is 0.233 e. The van der Waals surface area contributed by atoms with Crippen molar-refractivity contribution in [3.63, 3.8) is 0 Å². The maximum atomic E-state index is 13.6. The molecule has 2 N–H and O–H groups in total. The summed E-state index contributed by atoms with van der Waals surface area (Å²) >= 11 is 0. The van der Waals surface area contributed by atoms with E-state index >= 15 is 0 Å². The number of carbonyl (C=O) groups is 2. The van der Waals surface area contributed by atoms with Crippen LogP contribution in [0.3, 0.4) is 0 Å². The van der Waals surface area contributed by atoms with Crippen molar-refractivity contribution < 1.29 is 14.0 Å². The Morgan fingerprint density at radius 2 is 1.84 bits per heavy atom. The first-order valence-electron chi connectivity index (χ1n) is 11.3. The average Bonchev–Trinajstić information content (AvgIpc) is 3.16. The van der Waals surface area contributed by atoms with Crippen LogP contribution in [0.25, 0.3) is 0 Å². The number of allylic oxidation sites excluding steroid dienone is 2. The van der Waals surface area contributed by atoms with Gasteiger partial charge in [0.15, 0.2) is 5.96 Å². The van der Waals surface area contributed by atoms with Crippen molar-refractivity contribution in [3.8, 4) is 0 Å². The van der Waals surface area contributed by atoms with Gasteiger partial charge < -0.3 is 10.6 Å². The number of rotatable bonds is 7. The second kappa shape index (κ2) is 9.11. The molecule has 6 nitrogen and oxygen atoms in total. The standard InChI is InChI=1S/C24H29FN4O2.HI/c1-26-23(28-14-24(8-9-24)17-4-2-5-18(25)13-17)27-10-3-11-29-21(30)19-15-6-7-16(12-15)20(19)22(29)31;/h2,4-7,13,15-16,19-20H,3,8-12,14H2,1H3,(H2,26,27,28);1H. The Balaban J connectivity index is 0.00000245. The molecule has 4 atom stereocenters. The smallest absolute Gasteiger partial charge is 0.233 e. The number of carbonyl (C=O) groups excluding carboxylic acids is 2. The number of amides is 2. The molecule has 4 unspecified atom stereocenters. The van der Waals surface area contributed by atoms with Crippen LogP contribution in [-0.4, -0.2) is 49.4 Å². The first-order chi connectivity index (χ1) is 15.0. The molecule has 2 saturated carbocycles. The fourth-order valence-corrected chi connectivity index (χ4v) is 5.64. The third-order valence-corrected chi connectivity index (χ3v) is 7.52. The molecule has 2 bridgehead atoms. The van der Waals surface area contributed by atoms with Gasteiger partial charge in [-0.05, 0) is 55.2 Å². The lowest BCUT2D eigenvalue weighted by atomic mass is 9.85. The maximum absolute atomic E-state index is 13.6. The van der Waals surface area contributed by atoms with Crippen LogP contribution in [0, 0.1) is 29.5 Å². The third-order valence-electron chi connectivity index (χ3n) is 7.52. The predicted molar refractivity (Wildman–Crippen MR) is 131 cm³/mol. The van der Waals surface area contributed by atoms with Crippen molar-refractivity contribution >= 4 is 41.8 Å². The van der Waals surface area contributed by atoms with Gasteiger partial charge in [0.25, 0.3) is 0 Å². The Morgan fingerprint density at radius 1 is 1.16 bits per heavy atom. The molecule has 1 saturated heterocycles. The van der Waals surface area contributed by atoms with E-state index in [0.717, 1.165) is 24.8 Å². The SMILES string of the molecule is CN=C(NCCCN1C(=O)C2C3C=CC(C3)C2C1=O)NCC1(c2cccc(F)c2)CC1.I. The molecule has 0 spiro atoms. The summed E-state index contributed by atoms with van der Waals surface area (Å²) in [6, 6.07) is 6.83. The average molecular weight is 552 g/mol. The topological polar surface area (TPSA) is 73.8 Å². The van der Waals surface area contributed by atoms with Crippen molar-refractivity contribution in [2.75, 3.05) is 26.7 Å². The van der Waals surface area contributed by atoms with E-state index in [1.165, 1.54) is 11.0 Å². The minimum absolute atomic E-state index is 0. The molecule has 2 amide bonds. The highest BCUT2D eigenvalue weighted by Crippen LogP contribution is 2.52. The highest BCUT2D eigenvalue weighted by Gasteiger charge is 2.58. The second-order valence-corrected chi connectivity index (χ2v) is 9.32. The van der Waals surface area contributed by atoms with Crippen molar-refractivity contribution in [1.29, 1.82) is 0 Å². The van der Waals surface area contributed by atoms with Crippen LogP contribution >= 0.6 is 24.0 Å². The fraction of sp³-hybridized carbons (Fsp3) is 0.542. The van der Waals surface area contributed by atoms with Crippen LogP contribution in [0.15, 0.2) is 41.4 Å². The van der Waals surface area contributed by atoms with Gasteiger partial charge in [-0.3, -0.25) is 19.5 Å². The molecule has 4 aliphatic rings. The molecule has 0 radical (unpaired) electrons. The van der Waals surface area contributed by atoms with Crippen molar-refractivity contribution in [1.82, 2.24) is 15.5 Å². The highest BCUT2D eigenvalue weighted by atomic mass is 127. The molecule has 0 aromatic heterocycles. The van der Waals surface area contributed by atoms with Crippen LogP contribution < -0.4 is 10.6 Å². The Labute approximate surface area is 205 Å². The molecule has 1 aliphatic heterocycles. The summed E-state index contributed by atoms with van der Waals surface area (Å²) < 4.78 is 13.6. The van der Waals surface area contributed by atoms with Gasteiger partial charge in [0.05, 0.1) is 11.8 Å². The molecule has 5 rings (SSSR count). The van der Waals surface area contributed by atoms with Gasteiger partial charge in [0, 0.05) is 32.1 Å². The monoisotopic (exact) mass is 552 g/mol. The molecule has 3 aliphatic carbocycles. The normalized spacial score (nSPS) is 29.2. The first kappa shape index (κ1) is 23.2. The molecule has 32 heavy (non-hydrogen) atoms. The number of fused-ring (bicyclic) bond motifs is 5. The van der Waals surface area contributed by atoms with Gasteiger partial charge in [-0.25, -0.2) is 4.39 Å². The summed E-state index contributed by atoms with van der Waals surface area (Å²) in [6.07, 6.45) is 7.93. The van der Waals surface area contributed by atoms with E-state index in [-0.39, 0.29) is 70.7 Å². The largest absolute Gasteiger partial charge is 0.356 e. The number of hydrogen-bond acceptors (Lipinski definition) is 3. The number of nitrogens with zero attached hydrogens (tertiary/aromatic N) is 2. The molecular formula is C24H30FIN4O2. The number of benzene rings is 1. The number of hydrogen-bond donors (Lipinski definition) is 2. The van der Waals surface area contributed by atoms with E-state index in [9.17, 15) is 14.0 Å². The summed E-state index contributed by atoms with van der Waals surface area (Å²) in [4.78, 5) is 31.2. The summed E-state index contributed by atoms with van der Waals surface area (Å²) in [5.74, 6) is 0.770. The molecular weight excluding hydrogens is 522 g/mol. The van der Waals surface area contributed by atoms with Crippen LogP contribution in [-0.2, 0) is 15.0 Å². The number of imide groups is 1. The van der Waals surface area contributed by atoms with E-state index in [4.69, 9.17) is 0 Å². The Hall–Kier alpha value is -1.97. The second-order valence-electron chi connectivity index (χ2n) is 9.32. The summed E-state index contributed by atoms with van der Waals surface area (Å²) in [6.45, 7) is 1.75. The zero-order valence-electron chi connectivity index (χ0n) is 18.2. The predicted octanol–water partition coefficient (Wildman–Crippen LogP) is 2.84. The van der Waals surface area contributed by atoms with Crippen molar-refractivity contribution in [2.24, 2.45) is 28.7 Å². The summed E-state index contributed by atoms with van der Waals surface area (Å²) in [7, 11) is 1.72. The number of nitrogens with one attached hydrogen (secondary N) is 2. The quantitative estimate of drug-likeness (QED) is 0.136. The van der Waals surface area contributed by atoms with Gasteiger partial charge in [0.2, 0.25) is 11.8 Å². The summed E-state index contributed by atoms with van der Waals surface area (Å²) in [5.41, 5.74) is 0.995. The van der Waals surface area contributed by atoms with E-state index in [0.29, 0.717) is 32.0 Å². The van der Waals surface area contributed by atoms with Crippen LogP contribution in [0.1, 0.15) is 31.2 Å². The molecule has 3 fully saturated rings. The number of aliphatic imine (C=N–C) groups is 1. The number of guanidine groups is 1. The van der Waals surface area contributed by atoms with E-state index < -0.39 is 0 Å². The van der Waals surface area contributed by atoms with Crippen LogP contribution in [0.5, 0.6) is 0 Å². The number of halogens is 2. The van der Waals surface area contributed by atoms with Gasteiger partial charge in [0.1, 0.15) is 5.82 Å². The minimum atomic E-state index is -0.204. The minimum Gasteiger partial charge on any atom is -0.356 e. The lowest BCUT2D eigenvalue weighted by Gasteiger charge is -2.20. The Morgan fingerprint density at radius 3 is 2.44 bits per heavy atom. The summed E-state index contributed by atoms with van der Waals surface area (Å²) in [5, 5.41) is 6.62. The van der Waals surface area contributed by atoms with E-state index in [1.54, 1.807) is 19.2 Å². The molecule has 8 heteroatoms. The Kier molecular flexibility index (Phi) is 6.61. The highest BCUT2D eigenvalue weighted by molar-refractivity contribution is 14.0. The first-order valence-corrected chi connectivity index (χ1v) is 11.3. The van der Waals surface area contributed by atoms with Crippen molar-refractivity contribution in [2.45, 2.75) is 31.1 Å². The zero-order valence-corrected chi connectivity index (χ0v) is 20.6. The molecule has 172 valence electrons. The zero-order chi connectivity index (χ0) is 21.6. The lowest BCUT2D eigenvalue weighted by molar-refractivity contribution is -0.140. The van der Waals surface area contributed by atoms with Crippen LogP contribution in [0.4, 0.5) is 4.39 Å². The Bertz CT molecular complexity index is 931. The third kappa shape index (κ3) is 4.06. The molecule has 1 heterocycles.